The van der Waals surface area contributed by atoms with Crippen molar-refractivity contribution in [2.45, 2.75) is 19.8 Å². The molecule has 0 radical (unpaired) electrons. The second-order valence-electron chi connectivity index (χ2n) is 6.58. The molecule has 1 N–H and O–H groups in total. The van der Waals surface area contributed by atoms with Crippen LogP contribution in [-0.4, -0.2) is 33.3 Å². The molecule has 7 heteroatoms. The second-order valence-corrected chi connectivity index (χ2v) is 7.53. The van der Waals surface area contributed by atoms with Crippen LogP contribution in [0.1, 0.15) is 24.6 Å². The van der Waals surface area contributed by atoms with E-state index in [0.717, 1.165) is 21.8 Å². The normalized spacial score (nSPS) is 14.5. The van der Waals surface area contributed by atoms with E-state index in [9.17, 15) is 9.59 Å². The minimum atomic E-state index is -0.562. The molecule has 0 bridgehead atoms. The van der Waals surface area contributed by atoms with Gasteiger partial charge in [0.1, 0.15) is 5.75 Å². The number of ether oxygens (including phenoxy) is 3. The number of methoxy groups -OCH3 is 3. The summed E-state index contributed by atoms with van der Waals surface area (Å²) in [6.45, 7) is 3.60. The number of benzene rings is 1. The molecule has 0 amide bonds. The summed E-state index contributed by atoms with van der Waals surface area (Å²) < 4.78 is 15.2. The molecule has 1 aliphatic rings. The van der Waals surface area contributed by atoms with Crippen molar-refractivity contribution in [3.05, 3.63) is 63.1 Å². The minimum Gasteiger partial charge on any atom is -0.497 e. The highest BCUT2D eigenvalue weighted by Crippen LogP contribution is 2.43. The van der Waals surface area contributed by atoms with Gasteiger partial charge in [0, 0.05) is 16.3 Å². The van der Waals surface area contributed by atoms with E-state index in [1.807, 2.05) is 35.7 Å². The predicted octanol–water partition coefficient (Wildman–Crippen LogP) is 4.00. The molecule has 1 aliphatic heterocycles. The molecule has 152 valence electrons. The Kier molecular flexibility index (Phi) is 6.08. The molecule has 29 heavy (non-hydrogen) atoms. The lowest BCUT2D eigenvalue weighted by molar-refractivity contribution is -0.137. The quantitative estimate of drug-likeness (QED) is 0.747. The number of hydrogen-bond acceptors (Lipinski definition) is 7. The number of carbonyl (C=O) groups is 2. The number of carbonyl (C=O) groups excluding carboxylic acids is 2. The number of esters is 2. The fourth-order valence-electron chi connectivity index (χ4n) is 3.48. The smallest absolute Gasteiger partial charge is 0.336 e. The summed E-state index contributed by atoms with van der Waals surface area (Å²) in [5, 5.41) is 5.12. The van der Waals surface area contributed by atoms with Crippen molar-refractivity contribution in [2.24, 2.45) is 0 Å². The van der Waals surface area contributed by atoms with E-state index in [1.54, 1.807) is 21.0 Å². The van der Waals surface area contributed by atoms with Gasteiger partial charge in [-0.1, -0.05) is 12.1 Å². The molecule has 1 aromatic carbocycles. The minimum absolute atomic E-state index is 0.404. The summed E-state index contributed by atoms with van der Waals surface area (Å²) >= 11 is 1.49. The maximum Gasteiger partial charge on any atom is 0.336 e. The van der Waals surface area contributed by atoms with Gasteiger partial charge in [-0.2, -0.15) is 0 Å². The molecule has 0 fully saturated rings. The van der Waals surface area contributed by atoms with Crippen molar-refractivity contribution in [1.29, 1.82) is 0 Å². The fourth-order valence-corrected chi connectivity index (χ4v) is 4.51. The molecule has 6 nitrogen and oxygen atoms in total. The molecule has 2 heterocycles. The summed E-state index contributed by atoms with van der Waals surface area (Å²) in [6, 6.07) is 9.72. The van der Waals surface area contributed by atoms with Crippen LogP contribution in [0.4, 0.5) is 0 Å². The predicted molar refractivity (Wildman–Crippen MR) is 112 cm³/mol. The van der Waals surface area contributed by atoms with E-state index in [-0.39, 0.29) is 0 Å². The number of allylic oxidation sites excluding steroid dienone is 2. The van der Waals surface area contributed by atoms with Crippen molar-refractivity contribution in [3.63, 3.8) is 0 Å². The molecule has 0 atom stereocenters. The first-order valence-electron chi connectivity index (χ1n) is 8.99. The van der Waals surface area contributed by atoms with Crippen molar-refractivity contribution in [3.8, 4) is 16.9 Å². The average Bonchev–Trinajstić information content (AvgIpc) is 3.22. The highest BCUT2D eigenvalue weighted by atomic mass is 32.1. The molecule has 0 aliphatic carbocycles. The van der Waals surface area contributed by atoms with Crippen LogP contribution in [0.5, 0.6) is 5.75 Å². The monoisotopic (exact) mass is 413 g/mol. The Labute approximate surface area is 173 Å². The van der Waals surface area contributed by atoms with Crippen LogP contribution in [0.3, 0.4) is 0 Å². The van der Waals surface area contributed by atoms with Crippen LogP contribution in [0.2, 0.25) is 0 Å². The summed E-state index contributed by atoms with van der Waals surface area (Å²) in [6.07, 6.45) is 0. The first-order chi connectivity index (χ1) is 13.9. The van der Waals surface area contributed by atoms with Crippen molar-refractivity contribution in [1.82, 2.24) is 5.32 Å². The lowest BCUT2D eigenvalue weighted by Gasteiger charge is -2.29. The van der Waals surface area contributed by atoms with E-state index >= 15 is 0 Å². The van der Waals surface area contributed by atoms with E-state index in [1.165, 1.54) is 25.6 Å². The molecular formula is C22H23NO5S. The zero-order valence-electron chi connectivity index (χ0n) is 17.0. The number of nitrogens with one attached hydrogen (secondary N) is 1. The molecule has 3 rings (SSSR count). The highest BCUT2D eigenvalue weighted by Gasteiger charge is 2.38. The van der Waals surface area contributed by atoms with Crippen molar-refractivity contribution >= 4 is 23.3 Å². The Morgan fingerprint density at radius 3 is 1.93 bits per heavy atom. The third-order valence-corrected chi connectivity index (χ3v) is 5.90. The van der Waals surface area contributed by atoms with Gasteiger partial charge in [-0.15, -0.1) is 11.3 Å². The van der Waals surface area contributed by atoms with Crippen molar-refractivity contribution < 1.29 is 23.8 Å². The van der Waals surface area contributed by atoms with Gasteiger partial charge in [-0.3, -0.25) is 0 Å². The van der Waals surface area contributed by atoms with Gasteiger partial charge < -0.3 is 19.5 Å². The SMILES string of the molecule is COC(=O)C1=C(C)NC(C)=C(C(=O)OC)C1c1cc(-c2ccc(OC)cc2)cs1. The van der Waals surface area contributed by atoms with Crippen LogP contribution in [0.15, 0.2) is 58.3 Å². The van der Waals surface area contributed by atoms with Gasteiger partial charge in [0.2, 0.25) is 0 Å². The molecule has 0 unspecified atom stereocenters. The third kappa shape index (κ3) is 3.91. The molecule has 0 saturated carbocycles. The maximum absolute atomic E-state index is 12.6. The Morgan fingerprint density at radius 2 is 1.45 bits per heavy atom. The zero-order valence-corrected chi connectivity index (χ0v) is 17.8. The lowest BCUT2D eigenvalue weighted by Crippen LogP contribution is -2.31. The molecule has 0 saturated heterocycles. The summed E-state index contributed by atoms with van der Waals surface area (Å²) in [7, 11) is 4.29. The van der Waals surface area contributed by atoms with Gasteiger partial charge in [0.15, 0.2) is 0 Å². The van der Waals surface area contributed by atoms with Crippen molar-refractivity contribution in [2.75, 3.05) is 21.3 Å². The Bertz CT molecular complexity index is 962. The Morgan fingerprint density at radius 1 is 0.897 bits per heavy atom. The Hall–Kier alpha value is -3.06. The second kappa shape index (κ2) is 8.53. The highest BCUT2D eigenvalue weighted by molar-refractivity contribution is 7.10. The fraction of sp³-hybridized carbons (Fsp3) is 0.273. The summed E-state index contributed by atoms with van der Waals surface area (Å²) in [5.74, 6) is -0.740. The van der Waals surface area contributed by atoms with Gasteiger partial charge in [-0.05, 0) is 48.6 Å². The van der Waals surface area contributed by atoms with Gasteiger partial charge in [0.25, 0.3) is 0 Å². The number of thiophene rings is 1. The maximum atomic E-state index is 12.6. The van der Waals surface area contributed by atoms with Gasteiger partial charge in [-0.25, -0.2) is 9.59 Å². The van der Waals surface area contributed by atoms with Gasteiger partial charge in [0.05, 0.1) is 38.4 Å². The topological polar surface area (TPSA) is 73.9 Å². The Balaban J connectivity index is 2.10. The van der Waals surface area contributed by atoms with Crippen LogP contribution >= 0.6 is 11.3 Å². The summed E-state index contributed by atoms with van der Waals surface area (Å²) in [5.41, 5.74) is 4.14. The number of hydrogen-bond donors (Lipinski definition) is 1. The van der Waals surface area contributed by atoms with E-state index in [4.69, 9.17) is 14.2 Å². The molecule has 1 aromatic heterocycles. The van der Waals surface area contributed by atoms with Crippen LogP contribution in [-0.2, 0) is 19.1 Å². The third-order valence-electron chi connectivity index (χ3n) is 4.90. The first-order valence-corrected chi connectivity index (χ1v) is 9.87. The molecule has 2 aromatic rings. The number of rotatable bonds is 5. The van der Waals surface area contributed by atoms with E-state index < -0.39 is 17.9 Å². The molecule has 0 spiro atoms. The number of dihydropyridines is 1. The summed E-state index contributed by atoms with van der Waals surface area (Å²) in [4.78, 5) is 26.0. The average molecular weight is 413 g/mol. The largest absolute Gasteiger partial charge is 0.497 e. The van der Waals surface area contributed by atoms with E-state index in [2.05, 4.69) is 5.32 Å². The first kappa shape index (κ1) is 20.7. The standard InChI is InChI=1S/C22H23NO5S/c1-12-18(21(24)27-4)20(19(13(2)23-12)22(25)28-5)17-10-15(11-29-17)14-6-8-16(26-3)9-7-14/h6-11,20,23H,1-5H3. The molecular weight excluding hydrogens is 390 g/mol. The van der Waals surface area contributed by atoms with Crippen LogP contribution < -0.4 is 10.1 Å². The van der Waals surface area contributed by atoms with Crippen LogP contribution in [0, 0.1) is 0 Å². The van der Waals surface area contributed by atoms with Gasteiger partial charge >= 0.3 is 11.9 Å². The van der Waals surface area contributed by atoms with Crippen LogP contribution in [0.25, 0.3) is 11.1 Å². The lowest BCUT2D eigenvalue weighted by atomic mass is 9.84. The van der Waals surface area contributed by atoms with E-state index in [0.29, 0.717) is 22.5 Å². The zero-order chi connectivity index (χ0) is 21.1.